The Labute approximate surface area is 238 Å². The minimum absolute atomic E-state index is 0.151. The smallest absolute Gasteiger partial charge is 0.497 e. The number of rotatable bonds is 13. The van der Waals surface area contributed by atoms with Gasteiger partial charge in [-0.1, -0.05) is 38.6 Å². The molecular formula is C27H31F6N3O6. The number of alkyl halides is 6. The summed E-state index contributed by atoms with van der Waals surface area (Å²) in [5.74, 6) is -7.17. The largest absolute Gasteiger partial charge is 0.573 e. The van der Waals surface area contributed by atoms with Gasteiger partial charge in [0.15, 0.2) is 0 Å². The number of nitrogens with one attached hydrogen (secondary N) is 3. The van der Waals surface area contributed by atoms with Gasteiger partial charge in [-0.25, -0.2) is 0 Å². The van der Waals surface area contributed by atoms with E-state index in [9.17, 15) is 45.5 Å². The number of ketones is 1. The van der Waals surface area contributed by atoms with Crippen LogP contribution in [0.4, 0.5) is 26.3 Å². The van der Waals surface area contributed by atoms with Gasteiger partial charge < -0.3 is 25.4 Å². The van der Waals surface area contributed by atoms with Crippen LogP contribution in [0.2, 0.25) is 0 Å². The van der Waals surface area contributed by atoms with Gasteiger partial charge in [-0.3, -0.25) is 19.2 Å². The lowest BCUT2D eigenvalue weighted by atomic mass is 9.98. The highest BCUT2D eigenvalue weighted by atomic mass is 19.4. The predicted octanol–water partition coefficient (Wildman–Crippen LogP) is 4.12. The van der Waals surface area contributed by atoms with Crippen molar-refractivity contribution >= 4 is 23.5 Å². The zero-order valence-electron chi connectivity index (χ0n) is 23.3. The zero-order valence-corrected chi connectivity index (χ0v) is 23.3. The van der Waals surface area contributed by atoms with Crippen molar-refractivity contribution in [3.8, 4) is 5.75 Å². The van der Waals surface area contributed by atoms with Crippen LogP contribution in [0, 0.1) is 5.92 Å². The summed E-state index contributed by atoms with van der Waals surface area (Å²) in [6.45, 7) is 8.97. The van der Waals surface area contributed by atoms with E-state index in [-0.39, 0.29) is 5.57 Å². The number of amides is 3. The van der Waals surface area contributed by atoms with Crippen molar-refractivity contribution in [3.05, 3.63) is 66.0 Å². The molecule has 0 unspecified atom stereocenters. The maximum Gasteiger partial charge on any atom is 0.573 e. The van der Waals surface area contributed by atoms with Crippen LogP contribution in [0.3, 0.4) is 0 Å². The molecule has 42 heavy (non-hydrogen) atoms. The first-order chi connectivity index (χ1) is 19.3. The van der Waals surface area contributed by atoms with Crippen LogP contribution in [-0.4, -0.2) is 61.3 Å². The molecule has 1 aromatic rings. The van der Waals surface area contributed by atoms with Crippen molar-refractivity contribution in [1.29, 1.82) is 0 Å². The first kappa shape index (κ1) is 35.7. The Hall–Kier alpha value is -4.30. The van der Waals surface area contributed by atoms with E-state index in [2.05, 4.69) is 21.9 Å². The topological polar surface area (TPSA) is 123 Å². The van der Waals surface area contributed by atoms with Gasteiger partial charge in [-0.05, 0) is 49.6 Å². The number of ether oxygens (including phenoxy) is 2. The Morgan fingerprint density at radius 3 is 2.00 bits per heavy atom. The maximum absolute atomic E-state index is 13.1. The number of hydrogen-bond acceptors (Lipinski definition) is 6. The average Bonchev–Trinajstić information content (AvgIpc) is 2.88. The maximum atomic E-state index is 13.1. The molecule has 0 aromatic heterocycles. The number of methoxy groups -OCH3 is 1. The predicted molar refractivity (Wildman–Crippen MR) is 139 cm³/mol. The Morgan fingerprint density at radius 2 is 1.50 bits per heavy atom. The number of carbonyl (C=O) groups excluding carboxylic acids is 4. The molecular weight excluding hydrogens is 576 g/mol. The van der Waals surface area contributed by atoms with E-state index >= 15 is 0 Å². The molecule has 1 aromatic carbocycles. The molecule has 0 heterocycles. The molecule has 1 rings (SSSR count). The Bertz CT molecular complexity index is 1220. The van der Waals surface area contributed by atoms with Crippen molar-refractivity contribution in [2.24, 2.45) is 5.92 Å². The van der Waals surface area contributed by atoms with E-state index in [1.807, 2.05) is 5.32 Å². The van der Waals surface area contributed by atoms with E-state index in [1.165, 1.54) is 51.3 Å². The minimum Gasteiger partial charge on any atom is -0.497 e. The highest BCUT2D eigenvalue weighted by Gasteiger charge is 2.45. The van der Waals surface area contributed by atoms with Crippen LogP contribution in [0.25, 0.3) is 0 Å². The highest BCUT2D eigenvalue weighted by Crippen LogP contribution is 2.26. The fourth-order valence-electron chi connectivity index (χ4n) is 3.32. The number of para-hydroxylation sites is 1. The summed E-state index contributed by atoms with van der Waals surface area (Å²) < 4.78 is 86.4. The van der Waals surface area contributed by atoms with Crippen molar-refractivity contribution in [2.75, 3.05) is 7.11 Å². The fourth-order valence-corrected chi connectivity index (χ4v) is 3.32. The van der Waals surface area contributed by atoms with E-state index in [0.29, 0.717) is 5.76 Å². The molecule has 3 atom stereocenters. The summed E-state index contributed by atoms with van der Waals surface area (Å²) in [5, 5.41) is 6.37. The lowest BCUT2D eigenvalue weighted by molar-refractivity contribution is -0.274. The van der Waals surface area contributed by atoms with Gasteiger partial charge in [0.1, 0.15) is 23.6 Å². The quantitative estimate of drug-likeness (QED) is 0.176. The third kappa shape index (κ3) is 10.9. The van der Waals surface area contributed by atoms with Crippen molar-refractivity contribution in [3.63, 3.8) is 0 Å². The molecule has 15 heteroatoms. The molecule has 0 saturated heterocycles. The number of Topliss-reactive ketones (excluding diaryl/α,β-unsaturated/α-hetero) is 1. The second kappa shape index (κ2) is 15.1. The molecule has 0 radical (unpaired) electrons. The number of benzene rings is 1. The number of allylic oxidation sites excluding steroid dienone is 2. The van der Waals surface area contributed by atoms with Gasteiger partial charge >= 0.3 is 12.5 Å². The fraction of sp³-hybridized carbons (Fsp3) is 0.407. The summed E-state index contributed by atoms with van der Waals surface area (Å²) in [6.07, 6.45) is -6.26. The first-order valence-corrected chi connectivity index (χ1v) is 12.3. The lowest BCUT2D eigenvalue weighted by Gasteiger charge is -2.27. The molecule has 9 nitrogen and oxygen atoms in total. The van der Waals surface area contributed by atoms with E-state index in [4.69, 9.17) is 4.74 Å². The van der Waals surface area contributed by atoms with Gasteiger partial charge in [0.2, 0.25) is 11.8 Å². The van der Waals surface area contributed by atoms with Crippen LogP contribution in [0.15, 0.2) is 60.4 Å². The van der Waals surface area contributed by atoms with E-state index in [1.54, 1.807) is 6.92 Å². The normalized spacial score (nSPS) is 14.5. The average molecular weight is 608 g/mol. The van der Waals surface area contributed by atoms with Crippen LogP contribution in [-0.2, 0) is 19.1 Å². The lowest BCUT2D eigenvalue weighted by Crippen LogP contribution is -2.57. The summed E-state index contributed by atoms with van der Waals surface area (Å²) in [6, 6.07) is -0.879. The molecule has 0 fully saturated rings. The third-order valence-corrected chi connectivity index (χ3v) is 5.53. The molecule has 0 aliphatic carbocycles. The molecule has 0 spiro atoms. The van der Waals surface area contributed by atoms with Crippen LogP contribution >= 0.6 is 0 Å². The molecule has 0 aliphatic heterocycles. The molecule has 3 amide bonds. The molecule has 3 N–H and O–H groups in total. The van der Waals surface area contributed by atoms with Gasteiger partial charge in [0.25, 0.3) is 11.7 Å². The van der Waals surface area contributed by atoms with Crippen LogP contribution < -0.4 is 20.7 Å². The van der Waals surface area contributed by atoms with Gasteiger partial charge in [-0.15, -0.1) is 13.2 Å². The van der Waals surface area contributed by atoms with Gasteiger partial charge in [-0.2, -0.15) is 13.2 Å². The molecule has 0 saturated carbocycles. The van der Waals surface area contributed by atoms with Crippen molar-refractivity contribution in [2.45, 2.75) is 58.4 Å². The monoisotopic (exact) mass is 607 g/mol. The SMILES string of the molecule is C=C(/C=C\C(=C/C)OC)[C@H](NC(=O)[C@H](C)NC(=O)c1ccccc1OC(F)(F)F)C(=O)N[C@H](C(=O)C(F)(F)F)C(C)C. The number of carbonyl (C=O) groups is 4. The zero-order chi connectivity index (χ0) is 32.4. The third-order valence-electron chi connectivity index (χ3n) is 5.53. The van der Waals surface area contributed by atoms with Gasteiger partial charge in [0, 0.05) is 0 Å². The summed E-state index contributed by atoms with van der Waals surface area (Å²) in [7, 11) is 1.34. The summed E-state index contributed by atoms with van der Waals surface area (Å²) in [4.78, 5) is 50.6. The van der Waals surface area contributed by atoms with Crippen molar-refractivity contribution in [1.82, 2.24) is 16.0 Å². The van der Waals surface area contributed by atoms with Gasteiger partial charge in [0.05, 0.1) is 18.7 Å². The van der Waals surface area contributed by atoms with E-state index in [0.717, 1.165) is 19.1 Å². The second-order valence-corrected chi connectivity index (χ2v) is 9.08. The minimum atomic E-state index is -5.26. The standard InChI is InChI=1S/C27H31F6N3O6/c1-7-17(41-6)13-12-15(4)21(25(40)35-20(14(2)3)22(37)26(28,29)30)36-23(38)16(5)34-24(39)18-10-8-9-11-19(18)42-27(31,32)33/h7-14,16,20-21H,4H2,1-3,5-6H3,(H,34,39)(H,35,40)(H,36,38)/b13-12-,17-7+/t16-,20-,21-/m0/s1. The Morgan fingerprint density at radius 1 is 0.905 bits per heavy atom. The molecule has 0 aliphatic rings. The summed E-state index contributed by atoms with van der Waals surface area (Å²) in [5.41, 5.74) is -0.707. The number of hydrogen-bond donors (Lipinski definition) is 3. The van der Waals surface area contributed by atoms with Crippen LogP contribution in [0.5, 0.6) is 5.75 Å². The number of halogens is 6. The molecule has 0 bridgehead atoms. The Balaban J connectivity index is 3.26. The van der Waals surface area contributed by atoms with E-state index < -0.39 is 71.4 Å². The van der Waals surface area contributed by atoms with Crippen molar-refractivity contribution < 1.29 is 55.0 Å². The Kier molecular flexibility index (Phi) is 12.8. The second-order valence-electron chi connectivity index (χ2n) is 9.08. The highest BCUT2D eigenvalue weighted by molar-refractivity contribution is 6.01. The summed E-state index contributed by atoms with van der Waals surface area (Å²) >= 11 is 0. The molecule has 232 valence electrons. The van der Waals surface area contributed by atoms with Crippen LogP contribution in [0.1, 0.15) is 38.1 Å². The first-order valence-electron chi connectivity index (χ1n) is 12.3.